The van der Waals surface area contributed by atoms with Gasteiger partial charge in [0.25, 0.3) is 0 Å². The summed E-state index contributed by atoms with van der Waals surface area (Å²) in [4.78, 5) is 0. The van der Waals surface area contributed by atoms with Crippen LogP contribution in [0.3, 0.4) is 0 Å². The van der Waals surface area contributed by atoms with Crippen LogP contribution in [0.2, 0.25) is 0 Å². The molecule has 1 fully saturated rings. The summed E-state index contributed by atoms with van der Waals surface area (Å²) in [5, 5.41) is 3.45. The molecule has 1 aliphatic rings. The average Bonchev–Trinajstić information content (AvgIpc) is 2.50. The molecule has 112 valence electrons. The van der Waals surface area contributed by atoms with Gasteiger partial charge < -0.3 is 14.8 Å². The van der Waals surface area contributed by atoms with Gasteiger partial charge >= 0.3 is 0 Å². The van der Waals surface area contributed by atoms with Crippen molar-refractivity contribution in [2.24, 2.45) is 0 Å². The Balaban J connectivity index is 1.76. The van der Waals surface area contributed by atoms with Gasteiger partial charge in [0.15, 0.2) is 0 Å². The molecule has 2 rings (SSSR count). The smallest absolute Gasteiger partial charge is 0.0808 e. The lowest BCUT2D eigenvalue weighted by molar-refractivity contribution is -0.0448. The normalized spacial score (nSPS) is 19.1. The lowest BCUT2D eigenvalue weighted by Gasteiger charge is -2.22. The zero-order valence-corrected chi connectivity index (χ0v) is 12.6. The van der Waals surface area contributed by atoms with E-state index in [1.165, 1.54) is 24.0 Å². The van der Waals surface area contributed by atoms with Crippen LogP contribution in [0.4, 0.5) is 0 Å². The minimum absolute atomic E-state index is 0.300. The van der Waals surface area contributed by atoms with E-state index in [9.17, 15) is 0 Å². The molecule has 3 heteroatoms. The van der Waals surface area contributed by atoms with Crippen molar-refractivity contribution in [1.29, 1.82) is 0 Å². The van der Waals surface area contributed by atoms with Gasteiger partial charge in [-0.1, -0.05) is 31.2 Å². The van der Waals surface area contributed by atoms with Gasteiger partial charge in [0.05, 0.1) is 19.3 Å². The fourth-order valence-corrected chi connectivity index (χ4v) is 2.51. The predicted octanol–water partition coefficient (Wildman–Crippen LogP) is 3.27. The number of benzene rings is 1. The molecule has 0 radical (unpaired) electrons. The van der Waals surface area contributed by atoms with Crippen LogP contribution in [0.1, 0.15) is 43.7 Å². The summed E-state index contributed by atoms with van der Waals surface area (Å²) in [6, 6.07) is 8.51. The van der Waals surface area contributed by atoms with Crippen molar-refractivity contribution in [1.82, 2.24) is 5.32 Å². The maximum atomic E-state index is 5.85. The van der Waals surface area contributed by atoms with Gasteiger partial charge in [-0.05, 0) is 43.4 Å². The summed E-state index contributed by atoms with van der Waals surface area (Å²) in [7, 11) is 0. The summed E-state index contributed by atoms with van der Waals surface area (Å²) >= 11 is 0. The average molecular weight is 277 g/mol. The molecule has 1 saturated heterocycles. The quantitative estimate of drug-likeness (QED) is 0.740. The fourth-order valence-electron chi connectivity index (χ4n) is 2.51. The van der Waals surface area contributed by atoms with E-state index in [4.69, 9.17) is 9.47 Å². The van der Waals surface area contributed by atoms with Crippen LogP contribution in [0.15, 0.2) is 24.3 Å². The largest absolute Gasteiger partial charge is 0.376 e. The third-order valence-corrected chi connectivity index (χ3v) is 3.70. The highest BCUT2D eigenvalue weighted by atomic mass is 16.5. The van der Waals surface area contributed by atoms with Crippen LogP contribution < -0.4 is 5.32 Å². The molecule has 1 N–H and O–H groups in total. The molecule has 1 aliphatic heterocycles. The summed E-state index contributed by atoms with van der Waals surface area (Å²) in [6.07, 6.45) is 5.07. The zero-order chi connectivity index (χ0) is 14.0. The minimum Gasteiger partial charge on any atom is -0.376 e. The molecule has 20 heavy (non-hydrogen) atoms. The first kappa shape index (κ1) is 15.5. The van der Waals surface area contributed by atoms with Gasteiger partial charge in [0.2, 0.25) is 0 Å². The number of nitrogens with one attached hydrogen (secondary N) is 1. The Bertz CT molecular complexity index is 375. The molecule has 1 aromatic rings. The first-order valence-electron chi connectivity index (χ1n) is 7.87. The van der Waals surface area contributed by atoms with Gasteiger partial charge in [0.1, 0.15) is 0 Å². The second-order valence-electron chi connectivity index (χ2n) is 5.45. The zero-order valence-electron chi connectivity index (χ0n) is 12.6. The minimum atomic E-state index is 0.300. The van der Waals surface area contributed by atoms with Gasteiger partial charge in [-0.3, -0.25) is 0 Å². The van der Waals surface area contributed by atoms with Gasteiger partial charge in [-0.15, -0.1) is 0 Å². The molecule has 0 aliphatic carbocycles. The van der Waals surface area contributed by atoms with Gasteiger partial charge in [-0.2, -0.15) is 0 Å². The van der Waals surface area contributed by atoms with Crippen LogP contribution in [-0.2, 0) is 22.6 Å². The lowest BCUT2D eigenvalue weighted by atomic mass is 10.1. The second-order valence-corrected chi connectivity index (χ2v) is 5.45. The first-order chi connectivity index (χ1) is 9.90. The van der Waals surface area contributed by atoms with E-state index in [1.54, 1.807) is 0 Å². The molecule has 3 nitrogen and oxygen atoms in total. The highest BCUT2D eigenvalue weighted by Crippen LogP contribution is 2.15. The van der Waals surface area contributed by atoms with E-state index >= 15 is 0 Å². The Labute approximate surface area is 122 Å². The number of rotatable bonds is 8. The Morgan fingerprint density at radius 1 is 1.25 bits per heavy atom. The molecule has 0 spiro atoms. The van der Waals surface area contributed by atoms with E-state index in [0.717, 1.165) is 39.1 Å². The van der Waals surface area contributed by atoms with Gasteiger partial charge in [0, 0.05) is 13.2 Å². The van der Waals surface area contributed by atoms with Crippen LogP contribution >= 0.6 is 0 Å². The molecule has 0 bridgehead atoms. The third-order valence-electron chi connectivity index (χ3n) is 3.70. The Kier molecular flexibility index (Phi) is 7.06. The van der Waals surface area contributed by atoms with E-state index in [-0.39, 0.29) is 0 Å². The summed E-state index contributed by atoms with van der Waals surface area (Å²) in [6.45, 7) is 6.47. The van der Waals surface area contributed by atoms with Crippen LogP contribution in [-0.4, -0.2) is 25.9 Å². The standard InChI is InChI=1S/C17H27NO2/c1-2-10-18-12-15-7-3-4-8-16(15)13-19-14-17-9-5-6-11-20-17/h3-4,7-8,17-18H,2,5-6,9-14H2,1H3. The first-order valence-corrected chi connectivity index (χ1v) is 7.87. The van der Waals surface area contributed by atoms with Crippen molar-refractivity contribution in [2.45, 2.75) is 51.9 Å². The molecule has 1 aromatic carbocycles. The van der Waals surface area contributed by atoms with Crippen LogP contribution in [0, 0.1) is 0 Å². The topological polar surface area (TPSA) is 30.5 Å². The van der Waals surface area contributed by atoms with Crippen molar-refractivity contribution in [3.8, 4) is 0 Å². The van der Waals surface area contributed by atoms with Crippen molar-refractivity contribution >= 4 is 0 Å². The highest BCUT2D eigenvalue weighted by molar-refractivity contribution is 5.26. The van der Waals surface area contributed by atoms with E-state index in [2.05, 4.69) is 36.5 Å². The number of hydrogen-bond acceptors (Lipinski definition) is 3. The molecular formula is C17H27NO2. The maximum Gasteiger partial charge on any atom is 0.0808 e. The monoisotopic (exact) mass is 277 g/mol. The van der Waals surface area contributed by atoms with Crippen molar-refractivity contribution in [3.05, 3.63) is 35.4 Å². The SMILES string of the molecule is CCCNCc1ccccc1COCC1CCCCO1. The van der Waals surface area contributed by atoms with E-state index in [0.29, 0.717) is 12.7 Å². The van der Waals surface area contributed by atoms with Crippen LogP contribution in [0.5, 0.6) is 0 Å². The van der Waals surface area contributed by atoms with Crippen molar-refractivity contribution in [2.75, 3.05) is 19.8 Å². The summed E-state index contributed by atoms with van der Waals surface area (Å²) in [5.74, 6) is 0. The van der Waals surface area contributed by atoms with E-state index < -0.39 is 0 Å². The number of hydrogen-bond donors (Lipinski definition) is 1. The fraction of sp³-hybridized carbons (Fsp3) is 0.647. The lowest BCUT2D eigenvalue weighted by Crippen LogP contribution is -2.24. The molecule has 1 heterocycles. The van der Waals surface area contributed by atoms with Crippen molar-refractivity contribution in [3.63, 3.8) is 0 Å². The molecule has 1 atom stereocenters. The number of ether oxygens (including phenoxy) is 2. The predicted molar refractivity (Wildman–Crippen MR) is 81.7 cm³/mol. The summed E-state index contributed by atoms with van der Waals surface area (Å²) in [5.41, 5.74) is 2.62. The molecule has 0 saturated carbocycles. The molecule has 1 unspecified atom stereocenters. The van der Waals surface area contributed by atoms with Crippen LogP contribution in [0.25, 0.3) is 0 Å². The van der Waals surface area contributed by atoms with E-state index in [1.807, 2.05) is 0 Å². The third kappa shape index (κ3) is 5.23. The Morgan fingerprint density at radius 3 is 2.85 bits per heavy atom. The second kappa shape index (κ2) is 9.11. The Morgan fingerprint density at radius 2 is 2.10 bits per heavy atom. The van der Waals surface area contributed by atoms with Gasteiger partial charge in [-0.25, -0.2) is 0 Å². The van der Waals surface area contributed by atoms with Crippen molar-refractivity contribution < 1.29 is 9.47 Å². The summed E-state index contributed by atoms with van der Waals surface area (Å²) < 4.78 is 11.5. The maximum absolute atomic E-state index is 5.85. The molecule has 0 amide bonds. The Hall–Kier alpha value is -0.900. The molecular weight excluding hydrogens is 250 g/mol. The highest BCUT2D eigenvalue weighted by Gasteiger charge is 2.13. The molecule has 0 aromatic heterocycles.